The van der Waals surface area contributed by atoms with E-state index in [1.807, 2.05) is 13.1 Å². The largest absolute Gasteiger partial charge is 0.504 e. The Morgan fingerprint density at radius 3 is 2.96 bits per heavy atom. The minimum atomic E-state index is -0.426. The molecule has 0 saturated carbocycles. The molecule has 2 aromatic heterocycles. The van der Waals surface area contributed by atoms with Crippen molar-refractivity contribution < 1.29 is 14.3 Å². The summed E-state index contributed by atoms with van der Waals surface area (Å²) in [5.74, 6) is 1.36. The smallest absolute Gasteiger partial charge is 0.336 e. The van der Waals surface area contributed by atoms with Gasteiger partial charge in [-0.25, -0.2) is 9.78 Å². The number of phenols is 1. The van der Waals surface area contributed by atoms with Crippen LogP contribution in [-0.4, -0.2) is 21.3 Å². The highest BCUT2D eigenvalue weighted by Crippen LogP contribution is 2.30. The van der Waals surface area contributed by atoms with E-state index in [-0.39, 0.29) is 5.75 Å². The molecule has 1 N–H and O–H groups in total. The molecule has 0 unspecified atom stereocenters. The molecule has 0 radical (unpaired) electrons. The molecule has 0 spiro atoms. The zero-order valence-electron chi connectivity index (χ0n) is 12.9. The molecule has 23 heavy (non-hydrogen) atoms. The van der Waals surface area contributed by atoms with E-state index < -0.39 is 5.63 Å². The minimum absolute atomic E-state index is 0.0387. The number of unbranched alkanes of at least 4 members (excludes halogenated alkanes) is 1. The van der Waals surface area contributed by atoms with E-state index in [9.17, 15) is 9.90 Å². The standard InChI is InChI=1S/C17H18N2O4/c1-12-18-6-8-19(12)7-2-3-9-22-16-11-15-13(10-14(16)20)4-5-17(21)23-15/h4-6,8,10-11,20H,2-3,7,9H2,1H3. The van der Waals surface area contributed by atoms with E-state index in [0.717, 1.165) is 25.2 Å². The van der Waals surface area contributed by atoms with Crippen molar-refractivity contribution in [3.8, 4) is 11.5 Å². The van der Waals surface area contributed by atoms with E-state index in [0.29, 0.717) is 23.3 Å². The molecule has 1 aromatic carbocycles. The summed E-state index contributed by atoms with van der Waals surface area (Å²) >= 11 is 0. The normalized spacial score (nSPS) is 11.0. The predicted octanol–water partition coefficient (Wildman–Crippen LogP) is 2.86. The van der Waals surface area contributed by atoms with Crippen LogP contribution in [0.3, 0.4) is 0 Å². The molecule has 2 heterocycles. The molecule has 0 aliphatic heterocycles. The number of benzene rings is 1. The minimum Gasteiger partial charge on any atom is -0.504 e. The topological polar surface area (TPSA) is 77.5 Å². The Hall–Kier alpha value is -2.76. The molecule has 0 fully saturated rings. The van der Waals surface area contributed by atoms with Gasteiger partial charge in [0.25, 0.3) is 0 Å². The first-order valence-corrected chi connectivity index (χ1v) is 7.51. The number of hydrogen-bond donors (Lipinski definition) is 1. The maximum absolute atomic E-state index is 11.2. The number of aromatic nitrogens is 2. The molecule has 0 aliphatic rings. The summed E-state index contributed by atoms with van der Waals surface area (Å²) in [5, 5.41) is 10.6. The summed E-state index contributed by atoms with van der Waals surface area (Å²) in [6.45, 7) is 3.33. The highest BCUT2D eigenvalue weighted by Gasteiger charge is 2.07. The fourth-order valence-electron chi connectivity index (χ4n) is 2.41. The van der Waals surface area contributed by atoms with Gasteiger partial charge >= 0.3 is 5.63 Å². The quantitative estimate of drug-likeness (QED) is 0.559. The van der Waals surface area contributed by atoms with Gasteiger partial charge in [0.1, 0.15) is 11.4 Å². The fourth-order valence-corrected chi connectivity index (χ4v) is 2.41. The van der Waals surface area contributed by atoms with Gasteiger partial charge in [-0.15, -0.1) is 0 Å². The van der Waals surface area contributed by atoms with Crippen molar-refractivity contribution in [1.82, 2.24) is 9.55 Å². The Kier molecular flexibility index (Phi) is 4.32. The summed E-state index contributed by atoms with van der Waals surface area (Å²) in [5.41, 5.74) is -0.0239. The number of ether oxygens (including phenoxy) is 1. The van der Waals surface area contributed by atoms with Gasteiger partial charge in [0.15, 0.2) is 11.5 Å². The number of aromatic hydroxyl groups is 1. The van der Waals surface area contributed by atoms with Crippen molar-refractivity contribution in [2.75, 3.05) is 6.61 Å². The molecule has 120 valence electrons. The lowest BCUT2D eigenvalue weighted by Gasteiger charge is -2.09. The molecule has 0 aliphatic carbocycles. The van der Waals surface area contributed by atoms with Crippen molar-refractivity contribution in [2.24, 2.45) is 0 Å². The van der Waals surface area contributed by atoms with Crippen LogP contribution in [0.15, 0.2) is 45.9 Å². The summed E-state index contributed by atoms with van der Waals surface area (Å²) in [6, 6.07) is 6.01. The average molecular weight is 314 g/mol. The van der Waals surface area contributed by atoms with Gasteiger partial charge in [0.2, 0.25) is 0 Å². The van der Waals surface area contributed by atoms with Gasteiger partial charge in [0.05, 0.1) is 6.61 Å². The zero-order valence-corrected chi connectivity index (χ0v) is 12.9. The first-order valence-electron chi connectivity index (χ1n) is 7.51. The van der Waals surface area contributed by atoms with Gasteiger partial charge in [-0.05, 0) is 31.9 Å². The Labute approximate surface area is 133 Å². The van der Waals surface area contributed by atoms with E-state index in [1.165, 1.54) is 12.1 Å². The van der Waals surface area contributed by atoms with Gasteiger partial charge in [-0.2, -0.15) is 0 Å². The lowest BCUT2D eigenvalue weighted by atomic mass is 10.2. The molecule has 6 nitrogen and oxygen atoms in total. The zero-order chi connectivity index (χ0) is 16.2. The third-order valence-corrected chi connectivity index (χ3v) is 3.68. The Morgan fingerprint density at radius 2 is 2.17 bits per heavy atom. The van der Waals surface area contributed by atoms with E-state index in [1.54, 1.807) is 18.3 Å². The fraction of sp³-hybridized carbons (Fsp3) is 0.294. The van der Waals surface area contributed by atoms with Crippen LogP contribution < -0.4 is 10.4 Å². The third kappa shape index (κ3) is 3.53. The molecule has 0 saturated heterocycles. The van der Waals surface area contributed by atoms with Gasteiger partial charge < -0.3 is 18.8 Å². The van der Waals surface area contributed by atoms with Crippen LogP contribution >= 0.6 is 0 Å². The summed E-state index contributed by atoms with van der Waals surface area (Å²) in [7, 11) is 0. The molecular weight excluding hydrogens is 296 g/mol. The van der Waals surface area contributed by atoms with E-state index in [4.69, 9.17) is 9.15 Å². The number of aryl methyl sites for hydroxylation is 2. The first-order chi connectivity index (χ1) is 11.1. The van der Waals surface area contributed by atoms with Crippen molar-refractivity contribution in [3.05, 3.63) is 52.9 Å². The highest BCUT2D eigenvalue weighted by atomic mass is 16.5. The molecule has 0 atom stereocenters. The van der Waals surface area contributed by atoms with Crippen LogP contribution in [0.4, 0.5) is 0 Å². The SMILES string of the molecule is Cc1nccn1CCCCOc1cc2oc(=O)ccc2cc1O. The lowest BCUT2D eigenvalue weighted by Crippen LogP contribution is -2.03. The maximum atomic E-state index is 11.2. The Bertz CT molecular complexity index is 866. The number of hydrogen-bond acceptors (Lipinski definition) is 5. The van der Waals surface area contributed by atoms with E-state index >= 15 is 0 Å². The average Bonchev–Trinajstić information content (AvgIpc) is 2.93. The monoisotopic (exact) mass is 314 g/mol. The summed E-state index contributed by atoms with van der Waals surface area (Å²) in [6.07, 6.45) is 5.52. The van der Waals surface area contributed by atoms with Crippen LogP contribution in [0.1, 0.15) is 18.7 Å². The summed E-state index contributed by atoms with van der Waals surface area (Å²) in [4.78, 5) is 15.4. The second kappa shape index (κ2) is 6.56. The van der Waals surface area contributed by atoms with Gasteiger partial charge in [0, 0.05) is 36.5 Å². The van der Waals surface area contributed by atoms with Crippen molar-refractivity contribution in [1.29, 1.82) is 0 Å². The van der Waals surface area contributed by atoms with E-state index in [2.05, 4.69) is 9.55 Å². The van der Waals surface area contributed by atoms with Crippen molar-refractivity contribution >= 4 is 11.0 Å². The highest BCUT2D eigenvalue weighted by molar-refractivity contribution is 5.80. The molecule has 3 aromatic rings. The Balaban J connectivity index is 1.57. The number of imidazole rings is 1. The predicted molar refractivity (Wildman–Crippen MR) is 85.8 cm³/mol. The lowest BCUT2D eigenvalue weighted by molar-refractivity contribution is 0.287. The maximum Gasteiger partial charge on any atom is 0.336 e. The molecule has 3 rings (SSSR count). The molecule has 0 bridgehead atoms. The van der Waals surface area contributed by atoms with Gasteiger partial charge in [-0.1, -0.05) is 0 Å². The Morgan fingerprint density at radius 1 is 1.30 bits per heavy atom. The van der Waals surface area contributed by atoms with Crippen LogP contribution in [0.5, 0.6) is 11.5 Å². The second-order valence-corrected chi connectivity index (χ2v) is 5.34. The number of rotatable bonds is 6. The first kappa shape index (κ1) is 15.1. The third-order valence-electron chi connectivity index (χ3n) is 3.68. The second-order valence-electron chi connectivity index (χ2n) is 5.34. The summed E-state index contributed by atoms with van der Waals surface area (Å²) < 4.78 is 12.8. The molecular formula is C17H18N2O4. The van der Waals surface area contributed by atoms with Crippen molar-refractivity contribution in [3.63, 3.8) is 0 Å². The molecule has 6 heteroatoms. The van der Waals surface area contributed by atoms with Crippen LogP contribution in [-0.2, 0) is 6.54 Å². The van der Waals surface area contributed by atoms with Gasteiger partial charge in [-0.3, -0.25) is 0 Å². The van der Waals surface area contributed by atoms with Crippen LogP contribution in [0, 0.1) is 6.92 Å². The number of fused-ring (bicyclic) bond motifs is 1. The number of phenolic OH excluding ortho intramolecular Hbond substituents is 1. The molecule has 0 amide bonds. The van der Waals surface area contributed by atoms with Crippen molar-refractivity contribution in [2.45, 2.75) is 26.3 Å². The van der Waals surface area contributed by atoms with Crippen LogP contribution in [0.2, 0.25) is 0 Å². The van der Waals surface area contributed by atoms with Crippen LogP contribution in [0.25, 0.3) is 11.0 Å². The number of nitrogens with zero attached hydrogens (tertiary/aromatic N) is 2.